The van der Waals surface area contributed by atoms with Crippen LogP contribution in [0.15, 0.2) is 62.5 Å². The lowest BCUT2D eigenvalue weighted by Gasteiger charge is -2.06. The molecule has 3 N–H and O–H groups in total. The number of nitrogens with zero attached hydrogens (tertiary/aromatic N) is 3. The van der Waals surface area contributed by atoms with Gasteiger partial charge in [0.15, 0.2) is 0 Å². The van der Waals surface area contributed by atoms with Crippen LogP contribution in [0.5, 0.6) is 11.5 Å². The summed E-state index contributed by atoms with van der Waals surface area (Å²) in [6.45, 7) is 0. The van der Waals surface area contributed by atoms with Crippen LogP contribution in [0.25, 0.3) is 22.4 Å². The molecule has 0 aliphatic heterocycles. The zero-order chi connectivity index (χ0) is 20.5. The van der Waals surface area contributed by atoms with Gasteiger partial charge in [-0.1, -0.05) is 12.1 Å². The fourth-order valence-corrected chi connectivity index (χ4v) is 3.96. The summed E-state index contributed by atoms with van der Waals surface area (Å²) in [5, 5.41) is 29.1. The van der Waals surface area contributed by atoms with Crippen LogP contribution < -0.4 is 0 Å². The number of halogens is 2. The molecule has 0 saturated heterocycles. The highest BCUT2D eigenvalue weighted by Gasteiger charge is 2.13. The largest absolute Gasteiger partial charge is 0.506 e. The number of phenolic OH excluding ortho intramolecular Hbond substituents is 2. The number of hydrogen-bond donors (Lipinski definition) is 3. The Labute approximate surface area is 182 Å². The number of phenols is 2. The molecule has 8 heteroatoms. The van der Waals surface area contributed by atoms with Gasteiger partial charge < -0.3 is 15.2 Å². The Kier molecular flexibility index (Phi) is 5.09. The highest BCUT2D eigenvalue weighted by atomic mass is 79.9. The molecule has 0 spiro atoms. The summed E-state index contributed by atoms with van der Waals surface area (Å²) < 4.78 is 0.635. The van der Waals surface area contributed by atoms with E-state index in [0.29, 0.717) is 27.1 Å². The maximum Gasteiger partial charge on any atom is 0.147 e. The van der Waals surface area contributed by atoms with Gasteiger partial charge in [-0.2, -0.15) is 5.26 Å². The molecule has 0 aliphatic carbocycles. The molecule has 6 nitrogen and oxygen atoms in total. The first-order chi connectivity index (χ1) is 14.0. The van der Waals surface area contributed by atoms with E-state index in [9.17, 15) is 10.2 Å². The van der Waals surface area contributed by atoms with Gasteiger partial charge in [-0.25, -0.2) is 4.98 Å². The van der Waals surface area contributed by atoms with E-state index in [2.05, 4.69) is 52.9 Å². The molecule has 0 bridgehead atoms. The number of aromatic amines is 1. The molecule has 3 aromatic carbocycles. The van der Waals surface area contributed by atoms with Crippen LogP contribution in [-0.4, -0.2) is 26.4 Å². The third-order valence-electron chi connectivity index (χ3n) is 4.28. The van der Waals surface area contributed by atoms with Crippen molar-refractivity contribution < 1.29 is 10.2 Å². The Morgan fingerprint density at radius 1 is 1.07 bits per heavy atom. The average Bonchev–Trinajstić information content (AvgIpc) is 3.17. The van der Waals surface area contributed by atoms with Gasteiger partial charge in [0, 0.05) is 17.3 Å². The van der Waals surface area contributed by atoms with Crippen LogP contribution in [0, 0.1) is 11.3 Å². The maximum atomic E-state index is 10.2. The van der Waals surface area contributed by atoms with Gasteiger partial charge in [0.25, 0.3) is 0 Å². The topological polar surface area (TPSA) is 105 Å². The van der Waals surface area contributed by atoms with Crippen LogP contribution in [0.1, 0.15) is 11.1 Å². The van der Waals surface area contributed by atoms with Crippen molar-refractivity contribution in [3.63, 3.8) is 0 Å². The molecule has 142 valence electrons. The highest BCUT2D eigenvalue weighted by molar-refractivity contribution is 9.11. The molecule has 0 unspecified atom stereocenters. The van der Waals surface area contributed by atoms with Crippen molar-refractivity contribution in [2.75, 3.05) is 0 Å². The lowest BCUT2D eigenvalue weighted by Crippen LogP contribution is -1.85. The van der Waals surface area contributed by atoms with Gasteiger partial charge in [-0.05, 0) is 68.3 Å². The van der Waals surface area contributed by atoms with Crippen molar-refractivity contribution in [3.8, 4) is 29.0 Å². The molecule has 0 aliphatic rings. The first kappa shape index (κ1) is 19.2. The second-order valence-corrected chi connectivity index (χ2v) is 7.84. The number of aromatic nitrogens is 2. The summed E-state index contributed by atoms with van der Waals surface area (Å²) in [6.07, 6.45) is 1.51. The van der Waals surface area contributed by atoms with E-state index in [1.54, 1.807) is 18.2 Å². The second-order valence-electron chi connectivity index (χ2n) is 6.20. The third-order valence-corrected chi connectivity index (χ3v) is 5.64. The fraction of sp³-hybridized carbons (Fsp3) is 0. The molecule has 0 fully saturated rings. The van der Waals surface area contributed by atoms with Crippen LogP contribution in [-0.2, 0) is 0 Å². The third kappa shape index (κ3) is 3.75. The number of fused-ring (bicyclic) bond motifs is 1. The minimum atomic E-state index is -0.102. The number of rotatable bonds is 3. The summed E-state index contributed by atoms with van der Waals surface area (Å²) in [7, 11) is 0. The summed E-state index contributed by atoms with van der Waals surface area (Å²) in [5.41, 5.74) is 4.07. The van der Waals surface area contributed by atoms with Crippen LogP contribution in [0.4, 0.5) is 5.69 Å². The van der Waals surface area contributed by atoms with E-state index in [1.165, 1.54) is 6.21 Å². The van der Waals surface area contributed by atoms with E-state index in [1.807, 2.05) is 30.3 Å². The molecule has 0 radical (unpaired) electrons. The van der Waals surface area contributed by atoms with Gasteiger partial charge in [-0.3, -0.25) is 4.99 Å². The molecule has 1 heterocycles. The Hall–Kier alpha value is -3.15. The molecule has 29 heavy (non-hydrogen) atoms. The number of aromatic hydroxyl groups is 2. The van der Waals surface area contributed by atoms with Gasteiger partial charge in [0.1, 0.15) is 21.8 Å². The monoisotopic (exact) mass is 510 g/mol. The van der Waals surface area contributed by atoms with Gasteiger partial charge in [-0.15, -0.1) is 0 Å². The molecule has 4 aromatic rings. The van der Waals surface area contributed by atoms with Crippen molar-refractivity contribution in [3.05, 3.63) is 68.6 Å². The summed E-state index contributed by atoms with van der Waals surface area (Å²) in [4.78, 5) is 12.2. The molecule has 1 aromatic heterocycles. The summed E-state index contributed by atoms with van der Waals surface area (Å²) in [5.74, 6) is 0.489. The molecular weight excluding hydrogens is 500 g/mol. The number of aliphatic imine (C=N–C) groups is 1. The number of nitriles is 1. The zero-order valence-corrected chi connectivity index (χ0v) is 17.9. The Morgan fingerprint density at radius 2 is 1.90 bits per heavy atom. The molecule has 4 rings (SSSR count). The van der Waals surface area contributed by atoms with Crippen molar-refractivity contribution >= 4 is 54.8 Å². The average molecular weight is 512 g/mol. The SMILES string of the molecule is N#Cc1cccc(-c2nc3cc(/N=C/c4cc(Br)c(O)c(Br)c4O)ccc3[nH]2)c1. The second kappa shape index (κ2) is 7.70. The summed E-state index contributed by atoms with van der Waals surface area (Å²) >= 11 is 6.39. The summed E-state index contributed by atoms with van der Waals surface area (Å²) in [6, 6.07) is 16.4. The van der Waals surface area contributed by atoms with Gasteiger partial charge in [0.2, 0.25) is 0 Å². The van der Waals surface area contributed by atoms with Gasteiger partial charge in [0.05, 0.1) is 32.8 Å². The minimum Gasteiger partial charge on any atom is -0.506 e. The number of H-pyrrole nitrogens is 1. The van der Waals surface area contributed by atoms with Crippen molar-refractivity contribution in [2.24, 2.45) is 4.99 Å². The number of nitrogens with one attached hydrogen (secondary N) is 1. The van der Waals surface area contributed by atoms with Crippen molar-refractivity contribution in [2.45, 2.75) is 0 Å². The van der Waals surface area contributed by atoms with Crippen molar-refractivity contribution in [1.82, 2.24) is 9.97 Å². The first-order valence-corrected chi connectivity index (χ1v) is 9.99. The molecule has 0 amide bonds. The fourth-order valence-electron chi connectivity index (χ4n) is 2.81. The smallest absolute Gasteiger partial charge is 0.147 e. The van der Waals surface area contributed by atoms with E-state index < -0.39 is 0 Å². The lowest BCUT2D eigenvalue weighted by molar-refractivity contribution is 0.442. The van der Waals surface area contributed by atoms with Crippen LogP contribution >= 0.6 is 31.9 Å². The number of imidazole rings is 1. The standard InChI is InChI=1S/C21H12Br2N4O2/c22-15-7-13(19(28)18(23)20(15)29)10-25-14-4-5-16-17(8-14)27-21(26-16)12-3-1-2-11(6-12)9-24/h1-8,10,28-29H,(H,26,27)/b25-10+. The molecule has 0 saturated carbocycles. The molecular formula is C21H12Br2N4O2. The van der Waals surface area contributed by atoms with Crippen LogP contribution in [0.3, 0.4) is 0 Å². The van der Waals surface area contributed by atoms with E-state index >= 15 is 0 Å². The number of hydrogen-bond acceptors (Lipinski definition) is 5. The van der Waals surface area contributed by atoms with E-state index in [-0.39, 0.29) is 16.0 Å². The normalized spacial score (nSPS) is 11.2. The molecule has 0 atom stereocenters. The lowest BCUT2D eigenvalue weighted by atomic mass is 10.1. The highest BCUT2D eigenvalue weighted by Crippen LogP contribution is 2.40. The Morgan fingerprint density at radius 3 is 2.69 bits per heavy atom. The Balaban J connectivity index is 1.68. The van der Waals surface area contributed by atoms with Crippen LogP contribution in [0.2, 0.25) is 0 Å². The quantitative estimate of drug-likeness (QED) is 0.303. The number of benzene rings is 3. The first-order valence-electron chi connectivity index (χ1n) is 8.40. The van der Waals surface area contributed by atoms with Crippen molar-refractivity contribution in [1.29, 1.82) is 5.26 Å². The van der Waals surface area contributed by atoms with E-state index in [4.69, 9.17) is 5.26 Å². The minimum absolute atomic E-state index is 0.0782. The zero-order valence-electron chi connectivity index (χ0n) is 14.7. The maximum absolute atomic E-state index is 10.2. The Bertz CT molecular complexity index is 1320. The predicted octanol–water partition coefficient (Wildman–Crippen LogP) is 5.79. The predicted molar refractivity (Wildman–Crippen MR) is 119 cm³/mol. The van der Waals surface area contributed by atoms with Gasteiger partial charge >= 0.3 is 0 Å². The van der Waals surface area contributed by atoms with E-state index in [0.717, 1.165) is 16.6 Å².